The number of thioether (sulfide) groups is 1. The lowest BCUT2D eigenvalue weighted by atomic mass is 9.95. The van der Waals surface area contributed by atoms with Crippen LogP contribution in [0.15, 0.2) is 42.6 Å². The number of nitrogens with one attached hydrogen (secondary N) is 1. The van der Waals surface area contributed by atoms with Crippen LogP contribution in [0.3, 0.4) is 0 Å². The van der Waals surface area contributed by atoms with Crippen molar-refractivity contribution in [2.75, 3.05) is 12.9 Å². The molecule has 5 nitrogen and oxygen atoms in total. The Labute approximate surface area is 171 Å². The van der Waals surface area contributed by atoms with E-state index in [1.54, 1.807) is 0 Å². The highest BCUT2D eigenvalue weighted by atomic mass is 32.2. The summed E-state index contributed by atoms with van der Waals surface area (Å²) in [5.74, 6) is 0.539. The van der Waals surface area contributed by atoms with E-state index in [4.69, 9.17) is 4.74 Å². The lowest BCUT2D eigenvalue weighted by molar-refractivity contribution is -0.127. The molecule has 1 atom stereocenters. The molecule has 0 spiro atoms. The van der Waals surface area contributed by atoms with Crippen molar-refractivity contribution in [3.8, 4) is 5.75 Å². The van der Waals surface area contributed by atoms with Gasteiger partial charge in [0, 0.05) is 18.3 Å². The zero-order chi connectivity index (χ0) is 20.4. The Morgan fingerprint density at radius 3 is 2.43 bits per heavy atom. The van der Waals surface area contributed by atoms with Crippen LogP contribution in [0.4, 0.5) is 0 Å². The Kier molecular flexibility index (Phi) is 8.51. The Morgan fingerprint density at radius 1 is 1.18 bits per heavy atom. The molecule has 1 aromatic carbocycles. The number of imide groups is 1. The van der Waals surface area contributed by atoms with Gasteiger partial charge in [0.1, 0.15) is 5.75 Å². The maximum absolute atomic E-state index is 12.3. The fourth-order valence-electron chi connectivity index (χ4n) is 2.98. The lowest BCUT2D eigenvalue weighted by Crippen LogP contribution is -2.45. The van der Waals surface area contributed by atoms with E-state index in [2.05, 4.69) is 23.3 Å². The van der Waals surface area contributed by atoms with Crippen LogP contribution in [0.1, 0.15) is 37.1 Å². The van der Waals surface area contributed by atoms with Crippen molar-refractivity contribution in [1.82, 2.24) is 10.3 Å². The summed E-state index contributed by atoms with van der Waals surface area (Å²) in [5.41, 5.74) is 3.28. The minimum atomic E-state index is -0.653. The van der Waals surface area contributed by atoms with E-state index < -0.39 is 4.75 Å². The molecule has 150 valence electrons. The minimum Gasteiger partial charge on any atom is -0.493 e. The molecule has 2 aromatic rings. The first-order chi connectivity index (χ1) is 13.6. The normalized spacial score (nSPS) is 12.8. The molecule has 2 rings (SSSR count). The first-order valence-electron chi connectivity index (χ1n) is 9.52. The molecule has 0 bridgehead atoms. The number of hydrogen-bond acceptors (Lipinski definition) is 5. The van der Waals surface area contributed by atoms with Crippen LogP contribution < -0.4 is 10.1 Å². The van der Waals surface area contributed by atoms with Crippen molar-refractivity contribution in [3.05, 3.63) is 59.4 Å². The van der Waals surface area contributed by atoms with Crippen LogP contribution in [-0.2, 0) is 28.9 Å². The predicted octanol–water partition coefficient (Wildman–Crippen LogP) is 3.59. The third-order valence-electron chi connectivity index (χ3n) is 4.90. The van der Waals surface area contributed by atoms with Gasteiger partial charge in [0.15, 0.2) is 0 Å². The van der Waals surface area contributed by atoms with Gasteiger partial charge in [0.2, 0.25) is 12.3 Å². The predicted molar refractivity (Wildman–Crippen MR) is 114 cm³/mol. The fraction of sp³-hybridized carbons (Fsp3) is 0.409. The largest absolute Gasteiger partial charge is 0.493 e. The number of aryl methyl sites for hydroxylation is 1. The first-order valence-corrected chi connectivity index (χ1v) is 10.7. The SMILES string of the molecule is CCc1ccc(CCOc2ccc(CC(CC)(SC)C(=O)NC=O)cc2)nc1. The molecular formula is C22H28N2O3S. The quantitative estimate of drug-likeness (QED) is 0.584. The average Bonchev–Trinajstić information content (AvgIpc) is 2.74. The summed E-state index contributed by atoms with van der Waals surface area (Å²) < 4.78 is 5.17. The molecule has 1 N–H and O–H groups in total. The standard InChI is InChI=1S/C22H28N2O3S/c1-4-17-6-9-19(23-15-17)12-13-27-20-10-7-18(8-11-20)14-22(5-2,28-3)21(26)24-16-25/h6-11,15-16H,4-5,12-14H2,1-3H3,(H,24,25,26). The van der Waals surface area contributed by atoms with E-state index in [9.17, 15) is 9.59 Å². The number of carbonyl (C=O) groups excluding carboxylic acids is 2. The van der Waals surface area contributed by atoms with Crippen LogP contribution in [0.2, 0.25) is 0 Å². The second-order valence-corrected chi connectivity index (χ2v) is 7.76. The molecule has 6 heteroatoms. The smallest absolute Gasteiger partial charge is 0.242 e. The zero-order valence-corrected chi connectivity index (χ0v) is 17.6. The third kappa shape index (κ3) is 5.83. The summed E-state index contributed by atoms with van der Waals surface area (Å²) in [5, 5.41) is 2.30. The van der Waals surface area contributed by atoms with Gasteiger partial charge in [0.25, 0.3) is 0 Å². The van der Waals surface area contributed by atoms with Crippen LogP contribution in [0.25, 0.3) is 0 Å². The highest BCUT2D eigenvalue weighted by Crippen LogP contribution is 2.32. The van der Waals surface area contributed by atoms with Crippen molar-refractivity contribution in [3.63, 3.8) is 0 Å². The second kappa shape index (κ2) is 10.9. The molecular weight excluding hydrogens is 372 g/mol. The van der Waals surface area contributed by atoms with E-state index in [-0.39, 0.29) is 5.91 Å². The number of nitrogens with zero attached hydrogens (tertiary/aromatic N) is 1. The number of benzene rings is 1. The van der Waals surface area contributed by atoms with Crippen molar-refractivity contribution >= 4 is 24.1 Å². The molecule has 0 aliphatic heterocycles. The Bertz CT molecular complexity index is 756. The van der Waals surface area contributed by atoms with Crippen LogP contribution in [0, 0.1) is 0 Å². The Hall–Kier alpha value is -2.34. The van der Waals surface area contributed by atoms with Crippen LogP contribution >= 0.6 is 11.8 Å². The first kappa shape index (κ1) is 22.0. The van der Waals surface area contributed by atoms with Gasteiger partial charge in [-0.25, -0.2) is 0 Å². The molecule has 0 saturated carbocycles. The van der Waals surface area contributed by atoms with Crippen molar-refractivity contribution in [2.24, 2.45) is 0 Å². The number of carbonyl (C=O) groups is 2. The van der Waals surface area contributed by atoms with Gasteiger partial charge in [-0.3, -0.25) is 19.9 Å². The topological polar surface area (TPSA) is 68.3 Å². The molecule has 0 saturated heterocycles. The van der Waals surface area contributed by atoms with Crippen molar-refractivity contribution < 1.29 is 14.3 Å². The van der Waals surface area contributed by atoms with Gasteiger partial charge in [-0.05, 0) is 54.8 Å². The number of ether oxygens (including phenoxy) is 1. The van der Waals surface area contributed by atoms with Crippen LogP contribution in [0.5, 0.6) is 5.75 Å². The van der Waals surface area contributed by atoms with Crippen LogP contribution in [-0.4, -0.2) is 34.9 Å². The van der Waals surface area contributed by atoms with Crippen molar-refractivity contribution in [2.45, 2.75) is 44.3 Å². The molecule has 28 heavy (non-hydrogen) atoms. The van der Waals surface area contributed by atoms with Gasteiger partial charge < -0.3 is 4.74 Å². The number of pyridine rings is 1. The second-order valence-electron chi connectivity index (χ2n) is 6.57. The third-order valence-corrected chi connectivity index (χ3v) is 6.30. The summed E-state index contributed by atoms with van der Waals surface area (Å²) in [6.07, 6.45) is 7.19. The van der Waals surface area contributed by atoms with Gasteiger partial charge in [0.05, 0.1) is 11.4 Å². The summed E-state index contributed by atoms with van der Waals surface area (Å²) in [4.78, 5) is 27.4. The summed E-state index contributed by atoms with van der Waals surface area (Å²) in [6.45, 7) is 4.63. The maximum Gasteiger partial charge on any atom is 0.242 e. The van der Waals surface area contributed by atoms with Gasteiger partial charge in [-0.15, -0.1) is 11.8 Å². The monoisotopic (exact) mass is 400 g/mol. The van der Waals surface area contributed by atoms with E-state index in [1.165, 1.54) is 17.3 Å². The Balaban J connectivity index is 1.92. The summed E-state index contributed by atoms with van der Waals surface area (Å²) in [6, 6.07) is 11.9. The average molecular weight is 401 g/mol. The molecule has 1 aromatic heterocycles. The van der Waals surface area contributed by atoms with Crippen molar-refractivity contribution in [1.29, 1.82) is 0 Å². The minimum absolute atomic E-state index is 0.251. The molecule has 0 fully saturated rings. The molecule has 1 heterocycles. The number of rotatable bonds is 11. The summed E-state index contributed by atoms with van der Waals surface area (Å²) >= 11 is 1.47. The van der Waals surface area contributed by atoms with E-state index in [1.807, 2.05) is 49.7 Å². The fourth-order valence-corrected chi connectivity index (χ4v) is 3.82. The van der Waals surface area contributed by atoms with E-state index >= 15 is 0 Å². The van der Waals surface area contributed by atoms with Gasteiger partial charge in [-0.2, -0.15) is 0 Å². The number of aromatic nitrogens is 1. The molecule has 1 unspecified atom stereocenters. The highest BCUT2D eigenvalue weighted by molar-refractivity contribution is 8.00. The summed E-state index contributed by atoms with van der Waals surface area (Å²) in [7, 11) is 0. The van der Waals surface area contributed by atoms with E-state index in [0.29, 0.717) is 25.9 Å². The molecule has 2 amide bonds. The Morgan fingerprint density at radius 2 is 1.89 bits per heavy atom. The van der Waals surface area contributed by atoms with Gasteiger partial charge in [-0.1, -0.05) is 32.0 Å². The van der Waals surface area contributed by atoms with Gasteiger partial charge >= 0.3 is 0 Å². The number of hydrogen-bond donors (Lipinski definition) is 1. The zero-order valence-electron chi connectivity index (χ0n) is 16.7. The molecule has 0 aliphatic rings. The highest BCUT2D eigenvalue weighted by Gasteiger charge is 2.35. The maximum atomic E-state index is 12.3. The molecule has 0 aliphatic carbocycles. The molecule has 0 radical (unpaired) electrons. The van der Waals surface area contributed by atoms with E-state index in [0.717, 1.165) is 29.8 Å². The lowest BCUT2D eigenvalue weighted by Gasteiger charge is -2.28. The number of amides is 2.